The summed E-state index contributed by atoms with van der Waals surface area (Å²) in [7, 11) is -3.47. The second-order valence-electron chi connectivity index (χ2n) is 5.16. The van der Waals surface area contributed by atoms with Crippen LogP contribution in [0.1, 0.15) is 5.56 Å². The summed E-state index contributed by atoms with van der Waals surface area (Å²) in [6.07, 6.45) is 0. The molecule has 0 saturated carbocycles. The molecule has 3 aromatic carbocycles. The molecule has 0 N–H and O–H groups in total. The van der Waals surface area contributed by atoms with E-state index < -0.39 is 9.84 Å². The van der Waals surface area contributed by atoms with E-state index in [1.165, 1.54) is 0 Å². The SMILES string of the molecule is Cc1ccccc1S(=O)(=O)c1ccc(-c2ccccc2)cc1. The average molecular weight is 308 g/mol. The Kier molecular flexibility index (Phi) is 3.82. The van der Waals surface area contributed by atoms with Crippen LogP contribution >= 0.6 is 0 Å². The highest BCUT2D eigenvalue weighted by Crippen LogP contribution is 2.26. The summed E-state index contributed by atoms with van der Waals surface area (Å²) < 4.78 is 25.4. The molecule has 0 bridgehead atoms. The third-order valence-electron chi connectivity index (χ3n) is 3.65. The molecule has 0 atom stereocenters. The molecular weight excluding hydrogens is 292 g/mol. The lowest BCUT2D eigenvalue weighted by Crippen LogP contribution is -2.03. The second kappa shape index (κ2) is 5.78. The molecule has 0 aromatic heterocycles. The van der Waals surface area contributed by atoms with Gasteiger partial charge in [-0.3, -0.25) is 0 Å². The van der Waals surface area contributed by atoms with Crippen LogP contribution in [0.25, 0.3) is 11.1 Å². The molecule has 0 spiro atoms. The van der Waals surface area contributed by atoms with Crippen molar-refractivity contribution >= 4 is 9.84 Å². The number of hydrogen-bond donors (Lipinski definition) is 0. The van der Waals surface area contributed by atoms with Gasteiger partial charge in [-0.2, -0.15) is 0 Å². The summed E-state index contributed by atoms with van der Waals surface area (Å²) in [6, 6.07) is 24.0. The molecule has 3 heteroatoms. The Labute approximate surface area is 131 Å². The van der Waals surface area contributed by atoms with Crippen LogP contribution in [0.15, 0.2) is 88.7 Å². The third-order valence-corrected chi connectivity index (χ3v) is 5.58. The molecule has 0 aliphatic heterocycles. The van der Waals surface area contributed by atoms with Crippen LogP contribution in [-0.2, 0) is 9.84 Å². The minimum Gasteiger partial charge on any atom is -0.219 e. The fourth-order valence-electron chi connectivity index (χ4n) is 2.44. The smallest absolute Gasteiger partial charge is 0.206 e. The number of hydrogen-bond acceptors (Lipinski definition) is 2. The predicted octanol–water partition coefficient (Wildman–Crippen LogP) is 4.49. The van der Waals surface area contributed by atoms with Crippen molar-refractivity contribution in [3.05, 3.63) is 84.4 Å². The highest BCUT2D eigenvalue weighted by Gasteiger charge is 2.19. The van der Waals surface area contributed by atoms with Crippen LogP contribution in [-0.4, -0.2) is 8.42 Å². The largest absolute Gasteiger partial charge is 0.219 e. The van der Waals surface area contributed by atoms with E-state index in [0.29, 0.717) is 9.79 Å². The Morgan fingerprint density at radius 2 is 1.18 bits per heavy atom. The first kappa shape index (κ1) is 14.5. The summed E-state index contributed by atoms with van der Waals surface area (Å²) in [5, 5.41) is 0. The summed E-state index contributed by atoms with van der Waals surface area (Å²) in [5.74, 6) is 0. The van der Waals surface area contributed by atoms with Gasteiger partial charge < -0.3 is 0 Å². The average Bonchev–Trinajstić information content (AvgIpc) is 2.56. The lowest BCUT2D eigenvalue weighted by molar-refractivity contribution is 0.595. The molecule has 0 aliphatic rings. The lowest BCUT2D eigenvalue weighted by atomic mass is 10.1. The van der Waals surface area contributed by atoms with Crippen molar-refractivity contribution in [3.63, 3.8) is 0 Å². The molecule has 3 aromatic rings. The molecule has 3 rings (SSSR count). The van der Waals surface area contributed by atoms with E-state index in [4.69, 9.17) is 0 Å². The molecule has 0 unspecified atom stereocenters. The molecule has 2 nitrogen and oxygen atoms in total. The van der Waals surface area contributed by atoms with Crippen molar-refractivity contribution in [2.24, 2.45) is 0 Å². The number of rotatable bonds is 3. The Hall–Kier alpha value is -2.39. The van der Waals surface area contributed by atoms with Gasteiger partial charge in [-0.25, -0.2) is 8.42 Å². The summed E-state index contributed by atoms with van der Waals surface area (Å²) in [5.41, 5.74) is 2.83. The monoisotopic (exact) mass is 308 g/mol. The minimum atomic E-state index is -3.47. The first-order valence-electron chi connectivity index (χ1n) is 7.05. The molecule has 110 valence electrons. The zero-order valence-electron chi connectivity index (χ0n) is 12.2. The van der Waals surface area contributed by atoms with E-state index in [-0.39, 0.29) is 0 Å². The zero-order valence-corrected chi connectivity index (χ0v) is 13.0. The number of benzene rings is 3. The number of sulfone groups is 1. The van der Waals surface area contributed by atoms with Crippen molar-refractivity contribution in [1.82, 2.24) is 0 Å². The van der Waals surface area contributed by atoms with Crippen LogP contribution in [0.5, 0.6) is 0 Å². The highest BCUT2D eigenvalue weighted by molar-refractivity contribution is 7.91. The zero-order chi connectivity index (χ0) is 15.6. The Morgan fingerprint density at radius 1 is 0.636 bits per heavy atom. The molecule has 0 fully saturated rings. The first-order chi connectivity index (χ1) is 10.6. The van der Waals surface area contributed by atoms with Gasteiger partial charge >= 0.3 is 0 Å². The molecule has 0 aliphatic carbocycles. The van der Waals surface area contributed by atoms with Crippen molar-refractivity contribution in [2.45, 2.75) is 16.7 Å². The quantitative estimate of drug-likeness (QED) is 0.714. The summed E-state index contributed by atoms with van der Waals surface area (Å²) >= 11 is 0. The van der Waals surface area contributed by atoms with Gasteiger partial charge in [0.25, 0.3) is 0 Å². The number of aryl methyl sites for hydroxylation is 1. The Bertz CT molecular complexity index is 880. The molecule has 22 heavy (non-hydrogen) atoms. The van der Waals surface area contributed by atoms with Crippen LogP contribution in [0.4, 0.5) is 0 Å². The predicted molar refractivity (Wildman–Crippen MR) is 88.5 cm³/mol. The van der Waals surface area contributed by atoms with Gasteiger partial charge in [-0.05, 0) is 41.8 Å². The molecular formula is C19H16O2S. The lowest BCUT2D eigenvalue weighted by Gasteiger charge is -2.08. The van der Waals surface area contributed by atoms with Gasteiger partial charge in [-0.1, -0.05) is 60.7 Å². The fourth-order valence-corrected chi connectivity index (χ4v) is 3.94. The Balaban J connectivity index is 2.01. The standard InChI is InChI=1S/C19H16O2S/c1-15-7-5-6-10-19(15)22(20,21)18-13-11-17(12-14-18)16-8-3-2-4-9-16/h2-14H,1H3. The van der Waals surface area contributed by atoms with E-state index in [2.05, 4.69) is 0 Å². The van der Waals surface area contributed by atoms with E-state index in [1.54, 1.807) is 24.3 Å². The van der Waals surface area contributed by atoms with Crippen LogP contribution in [0.3, 0.4) is 0 Å². The van der Waals surface area contributed by atoms with Crippen molar-refractivity contribution in [1.29, 1.82) is 0 Å². The van der Waals surface area contributed by atoms with Crippen molar-refractivity contribution in [3.8, 4) is 11.1 Å². The maximum atomic E-state index is 12.7. The maximum Gasteiger partial charge on any atom is 0.206 e. The van der Waals surface area contributed by atoms with Crippen LogP contribution in [0.2, 0.25) is 0 Å². The molecule has 0 saturated heterocycles. The molecule has 0 heterocycles. The first-order valence-corrected chi connectivity index (χ1v) is 8.53. The van der Waals surface area contributed by atoms with Crippen molar-refractivity contribution in [2.75, 3.05) is 0 Å². The van der Waals surface area contributed by atoms with Crippen LogP contribution < -0.4 is 0 Å². The van der Waals surface area contributed by atoms with E-state index in [9.17, 15) is 8.42 Å². The molecule has 0 radical (unpaired) electrons. The van der Waals surface area contributed by atoms with Gasteiger partial charge in [0.05, 0.1) is 9.79 Å². The van der Waals surface area contributed by atoms with Gasteiger partial charge in [-0.15, -0.1) is 0 Å². The van der Waals surface area contributed by atoms with Gasteiger partial charge in [0.15, 0.2) is 0 Å². The summed E-state index contributed by atoms with van der Waals surface area (Å²) in [6.45, 7) is 1.81. The van der Waals surface area contributed by atoms with Crippen LogP contribution in [0, 0.1) is 6.92 Å². The summed E-state index contributed by atoms with van der Waals surface area (Å²) in [4.78, 5) is 0.684. The van der Waals surface area contributed by atoms with Crippen molar-refractivity contribution < 1.29 is 8.42 Å². The fraction of sp³-hybridized carbons (Fsp3) is 0.0526. The maximum absolute atomic E-state index is 12.7. The minimum absolute atomic E-state index is 0.321. The van der Waals surface area contributed by atoms with E-state index in [1.807, 2.05) is 61.5 Å². The van der Waals surface area contributed by atoms with Gasteiger partial charge in [0, 0.05) is 0 Å². The topological polar surface area (TPSA) is 34.1 Å². The third kappa shape index (κ3) is 2.68. The Morgan fingerprint density at radius 3 is 1.82 bits per heavy atom. The van der Waals surface area contributed by atoms with E-state index in [0.717, 1.165) is 16.7 Å². The normalized spacial score (nSPS) is 11.3. The van der Waals surface area contributed by atoms with Gasteiger partial charge in [0.2, 0.25) is 9.84 Å². The van der Waals surface area contributed by atoms with E-state index >= 15 is 0 Å². The second-order valence-corrected chi connectivity index (χ2v) is 7.08. The molecule has 0 amide bonds. The highest BCUT2D eigenvalue weighted by atomic mass is 32.2. The van der Waals surface area contributed by atoms with Gasteiger partial charge in [0.1, 0.15) is 0 Å².